The van der Waals surface area contributed by atoms with Crippen molar-refractivity contribution < 1.29 is 14.2 Å². The average Bonchev–Trinajstić information content (AvgIpc) is 2.91. The van der Waals surface area contributed by atoms with E-state index < -0.39 is 0 Å². The van der Waals surface area contributed by atoms with E-state index in [2.05, 4.69) is 13.2 Å². The minimum absolute atomic E-state index is 0.250. The molecule has 70 valence electrons. The van der Waals surface area contributed by atoms with Crippen LogP contribution >= 0.6 is 0 Å². The first-order valence-corrected chi connectivity index (χ1v) is 3.70. The number of hydrogen-bond donors (Lipinski definition) is 0. The normalized spacial score (nSPS) is 19.4. The van der Waals surface area contributed by atoms with Crippen molar-refractivity contribution in [3.05, 3.63) is 25.3 Å². The summed E-state index contributed by atoms with van der Waals surface area (Å²) in [6.45, 7) is 7.84. The molecule has 1 heterocycles. The summed E-state index contributed by atoms with van der Waals surface area (Å²) < 4.78 is 14.2. The second kappa shape index (κ2) is 7.03. The molecule has 0 aliphatic carbocycles. The molecule has 0 radical (unpaired) electrons. The number of rotatable bonds is 4. The van der Waals surface area contributed by atoms with Crippen molar-refractivity contribution in [3.8, 4) is 0 Å². The lowest BCUT2D eigenvalue weighted by molar-refractivity contribution is -0.0663. The summed E-state index contributed by atoms with van der Waals surface area (Å²) in [5.41, 5.74) is 0. The Kier molecular flexibility index (Phi) is 6.66. The lowest BCUT2D eigenvalue weighted by Gasteiger charge is -2.04. The second-order valence-corrected chi connectivity index (χ2v) is 2.18. The van der Waals surface area contributed by atoms with E-state index >= 15 is 0 Å². The molecule has 1 saturated heterocycles. The molecule has 0 spiro atoms. The average molecular weight is 172 g/mol. The Bertz CT molecular complexity index is 126. The van der Waals surface area contributed by atoms with Gasteiger partial charge in [-0.1, -0.05) is 12.7 Å². The highest BCUT2D eigenvalue weighted by atomic mass is 16.7. The van der Waals surface area contributed by atoms with Crippen LogP contribution in [0.3, 0.4) is 0 Å². The van der Waals surface area contributed by atoms with E-state index in [1.54, 1.807) is 26.4 Å². The predicted molar refractivity (Wildman–Crippen MR) is 47.9 cm³/mol. The van der Waals surface area contributed by atoms with Gasteiger partial charge in [-0.2, -0.15) is 0 Å². The van der Waals surface area contributed by atoms with Crippen molar-refractivity contribution in [1.29, 1.82) is 0 Å². The highest BCUT2D eigenvalue weighted by Crippen LogP contribution is 2.07. The van der Waals surface area contributed by atoms with Gasteiger partial charge in [-0.25, -0.2) is 0 Å². The maximum absolute atomic E-state index is 4.74. The van der Waals surface area contributed by atoms with Gasteiger partial charge in [0.05, 0.1) is 12.7 Å². The summed E-state index contributed by atoms with van der Waals surface area (Å²) in [7, 11) is 3.13. The first-order valence-electron chi connectivity index (χ1n) is 3.70. The molecular formula is C9H16O3. The summed E-state index contributed by atoms with van der Waals surface area (Å²) in [6.07, 6.45) is 3.54. The highest BCUT2D eigenvalue weighted by Gasteiger charge is 2.16. The molecule has 0 N–H and O–H groups in total. The number of methoxy groups -OCH3 is 2. The second-order valence-electron chi connectivity index (χ2n) is 2.18. The van der Waals surface area contributed by atoms with Crippen LogP contribution in [0, 0.1) is 0 Å². The van der Waals surface area contributed by atoms with Gasteiger partial charge in [0, 0.05) is 14.2 Å². The van der Waals surface area contributed by atoms with Crippen molar-refractivity contribution >= 4 is 0 Å². The van der Waals surface area contributed by atoms with Crippen molar-refractivity contribution in [2.75, 3.05) is 20.8 Å². The van der Waals surface area contributed by atoms with E-state index in [0.717, 1.165) is 6.61 Å². The fourth-order valence-corrected chi connectivity index (χ4v) is 0.480. The van der Waals surface area contributed by atoms with Crippen molar-refractivity contribution in [2.24, 2.45) is 0 Å². The van der Waals surface area contributed by atoms with Gasteiger partial charge in [-0.05, 0) is 6.08 Å². The van der Waals surface area contributed by atoms with E-state index in [1.165, 1.54) is 0 Å². The fraction of sp³-hybridized carbons (Fsp3) is 0.556. The molecule has 1 fully saturated rings. The Balaban J connectivity index is 0.000000211. The molecule has 1 rings (SSSR count). The monoisotopic (exact) mass is 172 g/mol. The van der Waals surface area contributed by atoms with Crippen molar-refractivity contribution in [1.82, 2.24) is 0 Å². The Morgan fingerprint density at radius 2 is 1.92 bits per heavy atom. The summed E-state index contributed by atoms with van der Waals surface area (Å²) in [6, 6.07) is 0. The van der Waals surface area contributed by atoms with Gasteiger partial charge in [-0.15, -0.1) is 6.58 Å². The molecule has 0 aromatic heterocycles. The van der Waals surface area contributed by atoms with Crippen LogP contribution < -0.4 is 0 Å². The molecule has 0 saturated carbocycles. The zero-order chi connectivity index (χ0) is 9.40. The summed E-state index contributed by atoms with van der Waals surface area (Å²) >= 11 is 0. The zero-order valence-electron chi connectivity index (χ0n) is 7.66. The maximum atomic E-state index is 4.74. The number of ether oxygens (including phenoxy) is 3. The minimum Gasteiger partial charge on any atom is -0.369 e. The fourth-order valence-electron chi connectivity index (χ4n) is 0.480. The van der Waals surface area contributed by atoms with E-state index in [-0.39, 0.29) is 6.29 Å². The van der Waals surface area contributed by atoms with Gasteiger partial charge < -0.3 is 14.2 Å². The van der Waals surface area contributed by atoms with Gasteiger partial charge >= 0.3 is 0 Å². The third-order valence-corrected chi connectivity index (χ3v) is 1.28. The molecule has 1 atom stereocenters. The van der Waals surface area contributed by atoms with Gasteiger partial charge in [0.2, 0.25) is 0 Å². The Hall–Kier alpha value is -0.640. The SMILES string of the molecule is C=CC(OC)OC.C=CC1CO1. The molecule has 1 aliphatic rings. The zero-order valence-corrected chi connectivity index (χ0v) is 7.66. The van der Waals surface area contributed by atoms with Crippen LogP contribution in [0.2, 0.25) is 0 Å². The molecular weight excluding hydrogens is 156 g/mol. The van der Waals surface area contributed by atoms with Crippen molar-refractivity contribution in [2.45, 2.75) is 12.4 Å². The largest absolute Gasteiger partial charge is 0.369 e. The van der Waals surface area contributed by atoms with Crippen LogP contribution in [0.5, 0.6) is 0 Å². The highest BCUT2D eigenvalue weighted by molar-refractivity contribution is 4.87. The lowest BCUT2D eigenvalue weighted by atomic mass is 10.5. The van der Waals surface area contributed by atoms with Crippen LogP contribution in [-0.4, -0.2) is 33.2 Å². The van der Waals surface area contributed by atoms with E-state index in [0.29, 0.717) is 6.10 Å². The summed E-state index contributed by atoms with van der Waals surface area (Å²) in [5.74, 6) is 0. The molecule has 3 heteroatoms. The van der Waals surface area contributed by atoms with E-state index in [9.17, 15) is 0 Å². The Morgan fingerprint density at radius 1 is 1.42 bits per heavy atom. The lowest BCUT2D eigenvalue weighted by Crippen LogP contribution is -2.07. The Morgan fingerprint density at radius 3 is 1.92 bits per heavy atom. The first kappa shape index (κ1) is 11.4. The minimum atomic E-state index is -0.250. The maximum Gasteiger partial charge on any atom is 0.175 e. The molecule has 0 amide bonds. The quantitative estimate of drug-likeness (QED) is 0.364. The molecule has 1 unspecified atom stereocenters. The molecule has 3 nitrogen and oxygen atoms in total. The molecule has 12 heavy (non-hydrogen) atoms. The Labute approximate surface area is 73.6 Å². The van der Waals surface area contributed by atoms with Gasteiger partial charge in [0.25, 0.3) is 0 Å². The van der Waals surface area contributed by atoms with Crippen LogP contribution in [0.1, 0.15) is 0 Å². The van der Waals surface area contributed by atoms with E-state index in [1.807, 2.05) is 0 Å². The first-order chi connectivity index (χ1) is 5.78. The standard InChI is InChI=1S/C5H10O2.C4H6O/c1-4-5(6-2)7-3;1-2-4-3-5-4/h4-5H,1H2,2-3H3;2,4H,1,3H2. The van der Waals surface area contributed by atoms with Crippen LogP contribution in [0.4, 0.5) is 0 Å². The molecule has 0 aromatic carbocycles. The molecule has 0 bridgehead atoms. The third-order valence-electron chi connectivity index (χ3n) is 1.28. The third kappa shape index (κ3) is 6.09. The van der Waals surface area contributed by atoms with E-state index in [4.69, 9.17) is 14.2 Å². The van der Waals surface area contributed by atoms with Crippen LogP contribution in [0.25, 0.3) is 0 Å². The summed E-state index contributed by atoms with van der Waals surface area (Å²) in [5, 5.41) is 0. The van der Waals surface area contributed by atoms with Gasteiger partial charge in [0.1, 0.15) is 0 Å². The van der Waals surface area contributed by atoms with Gasteiger partial charge in [0.15, 0.2) is 6.29 Å². The number of epoxide rings is 1. The van der Waals surface area contributed by atoms with Crippen LogP contribution in [0.15, 0.2) is 25.3 Å². The predicted octanol–water partition coefficient (Wildman–Crippen LogP) is 1.36. The van der Waals surface area contributed by atoms with Crippen molar-refractivity contribution in [3.63, 3.8) is 0 Å². The smallest absolute Gasteiger partial charge is 0.175 e. The number of hydrogen-bond acceptors (Lipinski definition) is 3. The summed E-state index contributed by atoms with van der Waals surface area (Å²) in [4.78, 5) is 0. The molecule has 0 aromatic rings. The molecule has 1 aliphatic heterocycles. The topological polar surface area (TPSA) is 31.0 Å². The van der Waals surface area contributed by atoms with Gasteiger partial charge in [-0.3, -0.25) is 0 Å². The van der Waals surface area contributed by atoms with Crippen LogP contribution in [-0.2, 0) is 14.2 Å².